The number of aliphatic imine (C=N–C) groups is 2. The summed E-state index contributed by atoms with van der Waals surface area (Å²) in [5.74, 6) is 1.06. The van der Waals surface area contributed by atoms with Crippen molar-refractivity contribution in [1.29, 1.82) is 0 Å². The highest BCUT2D eigenvalue weighted by Crippen LogP contribution is 2.46. The Bertz CT molecular complexity index is 3090. The minimum Gasteiger partial charge on any atom is -0.383 e. The molecular formula is C51H35N3S2. The maximum absolute atomic E-state index is 6.68. The third-order valence-electron chi connectivity index (χ3n) is 10.4. The lowest BCUT2D eigenvalue weighted by Gasteiger charge is -2.11. The molecule has 10 rings (SSSR count). The van der Waals surface area contributed by atoms with E-state index < -0.39 is 0 Å². The summed E-state index contributed by atoms with van der Waals surface area (Å²) in [7, 11) is 0. The zero-order valence-electron chi connectivity index (χ0n) is 30.4. The molecule has 2 aromatic heterocycles. The summed E-state index contributed by atoms with van der Waals surface area (Å²) in [6.45, 7) is 0.496. The smallest absolute Gasteiger partial charge is 0.158 e. The van der Waals surface area contributed by atoms with Crippen LogP contribution in [0.2, 0.25) is 0 Å². The average Bonchev–Trinajstić information content (AvgIpc) is 3.84. The van der Waals surface area contributed by atoms with Gasteiger partial charge in [0.15, 0.2) is 5.84 Å². The highest BCUT2D eigenvalue weighted by Gasteiger charge is 2.19. The summed E-state index contributed by atoms with van der Waals surface area (Å²) in [6.07, 6.45) is 0. The number of hydrogen-bond acceptors (Lipinski definition) is 3. The van der Waals surface area contributed by atoms with Crippen molar-refractivity contribution in [2.24, 2.45) is 15.7 Å². The Morgan fingerprint density at radius 1 is 0.464 bits per heavy atom. The van der Waals surface area contributed by atoms with Gasteiger partial charge in [-0.15, -0.1) is 22.7 Å². The molecule has 0 radical (unpaired) electrons. The molecule has 5 heteroatoms. The lowest BCUT2D eigenvalue weighted by Crippen LogP contribution is -2.16. The summed E-state index contributed by atoms with van der Waals surface area (Å²) < 4.78 is 5.00. The van der Waals surface area contributed by atoms with Crippen LogP contribution in [0.15, 0.2) is 198 Å². The number of nitrogens with zero attached hydrogens (tertiary/aromatic N) is 2. The van der Waals surface area contributed by atoms with Gasteiger partial charge in [0.2, 0.25) is 0 Å². The second-order valence-electron chi connectivity index (χ2n) is 13.9. The number of thiophene rings is 2. The van der Waals surface area contributed by atoms with Gasteiger partial charge in [0.1, 0.15) is 5.84 Å². The van der Waals surface area contributed by atoms with E-state index in [1.54, 1.807) is 0 Å². The monoisotopic (exact) mass is 753 g/mol. The van der Waals surface area contributed by atoms with Crippen LogP contribution < -0.4 is 5.73 Å². The third-order valence-corrected chi connectivity index (χ3v) is 12.7. The SMILES string of the molecule is N/C(=N\C(=N/Cc1ccccc1)c1cccc2sc3c(-c4cc(-c5ccc(-c6ccccc6)cc5)c5c(c4)sc4ccccc45)cccc3c12)c1ccccc1. The first-order valence-electron chi connectivity index (χ1n) is 18.7. The first kappa shape index (κ1) is 33.9. The van der Waals surface area contributed by atoms with Gasteiger partial charge in [-0.2, -0.15) is 0 Å². The lowest BCUT2D eigenvalue weighted by molar-refractivity contribution is 1.06. The lowest BCUT2D eigenvalue weighted by atomic mass is 9.93. The molecule has 0 atom stereocenters. The van der Waals surface area contributed by atoms with Gasteiger partial charge in [-0.1, -0.05) is 164 Å². The molecule has 2 N–H and O–H groups in total. The molecule has 0 aliphatic carbocycles. The molecule has 0 saturated carbocycles. The molecule has 266 valence electrons. The van der Waals surface area contributed by atoms with Crippen LogP contribution in [0.25, 0.3) is 73.7 Å². The standard InChI is InChI=1S/C51H35N3S2/c52-50(37-18-8-3-9-19-37)54-51(53-32-33-14-4-1-5-15-33)42-23-13-25-45-48(42)41-22-12-21-39(49(41)56-45)38-30-43(47-40-20-10-11-24-44(40)55-46(47)31-38)36-28-26-35(27-29-36)34-16-6-2-7-17-34/h1-31H,32H2,(H2,52,53,54). The van der Waals surface area contributed by atoms with E-state index in [0.717, 1.165) is 22.1 Å². The Labute approximate surface area is 333 Å². The minimum absolute atomic E-state index is 0.440. The predicted molar refractivity (Wildman–Crippen MR) is 242 cm³/mol. The summed E-state index contributed by atoms with van der Waals surface area (Å²) in [5, 5.41) is 4.93. The van der Waals surface area contributed by atoms with Crippen molar-refractivity contribution in [2.75, 3.05) is 0 Å². The van der Waals surface area contributed by atoms with Gasteiger partial charge in [0.05, 0.1) is 6.54 Å². The topological polar surface area (TPSA) is 50.7 Å². The van der Waals surface area contributed by atoms with Crippen LogP contribution in [-0.2, 0) is 6.54 Å². The normalized spacial score (nSPS) is 12.3. The molecule has 56 heavy (non-hydrogen) atoms. The van der Waals surface area contributed by atoms with Crippen molar-refractivity contribution in [3.8, 4) is 33.4 Å². The summed E-state index contributed by atoms with van der Waals surface area (Å²) in [4.78, 5) is 10.2. The predicted octanol–water partition coefficient (Wildman–Crippen LogP) is 13.8. The highest BCUT2D eigenvalue weighted by molar-refractivity contribution is 7.26. The van der Waals surface area contributed by atoms with Crippen LogP contribution in [-0.4, -0.2) is 11.7 Å². The maximum atomic E-state index is 6.68. The van der Waals surface area contributed by atoms with Gasteiger partial charge >= 0.3 is 0 Å². The van der Waals surface area contributed by atoms with Crippen LogP contribution in [0.3, 0.4) is 0 Å². The minimum atomic E-state index is 0.440. The molecule has 0 unspecified atom stereocenters. The number of hydrogen-bond donors (Lipinski definition) is 1. The van der Waals surface area contributed by atoms with E-state index in [2.05, 4.69) is 140 Å². The number of rotatable bonds is 7. The molecule has 0 fully saturated rings. The van der Waals surface area contributed by atoms with Crippen molar-refractivity contribution < 1.29 is 0 Å². The number of nitrogens with two attached hydrogens (primary N) is 1. The van der Waals surface area contributed by atoms with Crippen LogP contribution in [0.5, 0.6) is 0 Å². The Balaban J connectivity index is 1.15. The van der Waals surface area contributed by atoms with Crippen LogP contribution >= 0.6 is 22.7 Å². The molecule has 0 bridgehead atoms. The fraction of sp³-hybridized carbons (Fsp3) is 0.0196. The number of fused-ring (bicyclic) bond motifs is 6. The van der Waals surface area contributed by atoms with E-state index in [1.165, 1.54) is 68.3 Å². The first-order chi connectivity index (χ1) is 27.7. The molecule has 2 heterocycles. The molecule has 0 aliphatic rings. The molecule has 0 spiro atoms. The largest absolute Gasteiger partial charge is 0.383 e. The molecule has 0 aliphatic heterocycles. The molecule has 0 amide bonds. The summed E-state index contributed by atoms with van der Waals surface area (Å²) in [6, 6.07) is 66.6. The summed E-state index contributed by atoms with van der Waals surface area (Å²) in [5.41, 5.74) is 16.9. The van der Waals surface area contributed by atoms with Gasteiger partial charge < -0.3 is 5.73 Å². The van der Waals surface area contributed by atoms with E-state index in [-0.39, 0.29) is 0 Å². The zero-order chi connectivity index (χ0) is 37.4. The molecule has 8 aromatic carbocycles. The van der Waals surface area contributed by atoms with Gasteiger partial charge in [-0.25, -0.2) is 4.99 Å². The van der Waals surface area contributed by atoms with E-state index in [9.17, 15) is 0 Å². The number of benzene rings is 8. The Hall–Kier alpha value is -6.66. The van der Waals surface area contributed by atoms with Crippen LogP contribution in [0, 0.1) is 0 Å². The molecule has 3 nitrogen and oxygen atoms in total. The van der Waals surface area contributed by atoms with Gasteiger partial charge in [-0.3, -0.25) is 4.99 Å². The van der Waals surface area contributed by atoms with Crippen molar-refractivity contribution in [1.82, 2.24) is 0 Å². The average molecular weight is 754 g/mol. The van der Waals surface area contributed by atoms with Crippen molar-refractivity contribution in [3.05, 3.63) is 205 Å². The Kier molecular flexibility index (Phi) is 8.79. The molecular weight excluding hydrogens is 719 g/mol. The van der Waals surface area contributed by atoms with E-state index in [1.807, 2.05) is 71.2 Å². The Morgan fingerprint density at radius 3 is 1.91 bits per heavy atom. The quantitative estimate of drug-likeness (QED) is 0.128. The van der Waals surface area contributed by atoms with Crippen LogP contribution in [0.1, 0.15) is 16.7 Å². The summed E-state index contributed by atoms with van der Waals surface area (Å²) >= 11 is 3.69. The van der Waals surface area contributed by atoms with Gasteiger partial charge in [-0.05, 0) is 63.2 Å². The first-order valence-corrected chi connectivity index (χ1v) is 20.4. The van der Waals surface area contributed by atoms with Gasteiger partial charge in [0.25, 0.3) is 0 Å². The van der Waals surface area contributed by atoms with E-state index >= 15 is 0 Å². The van der Waals surface area contributed by atoms with E-state index in [4.69, 9.17) is 15.7 Å². The second kappa shape index (κ2) is 14.5. The fourth-order valence-corrected chi connectivity index (χ4v) is 10.1. The van der Waals surface area contributed by atoms with E-state index in [0.29, 0.717) is 18.2 Å². The van der Waals surface area contributed by atoms with Crippen molar-refractivity contribution in [2.45, 2.75) is 6.54 Å². The molecule has 10 aromatic rings. The highest BCUT2D eigenvalue weighted by atomic mass is 32.1. The van der Waals surface area contributed by atoms with Gasteiger partial charge in [0, 0.05) is 51.5 Å². The number of amidine groups is 2. The van der Waals surface area contributed by atoms with Crippen molar-refractivity contribution in [3.63, 3.8) is 0 Å². The second-order valence-corrected chi connectivity index (χ2v) is 16.0. The van der Waals surface area contributed by atoms with Crippen LogP contribution in [0.4, 0.5) is 0 Å². The van der Waals surface area contributed by atoms with Crippen molar-refractivity contribution >= 4 is 74.7 Å². The Morgan fingerprint density at radius 2 is 1.11 bits per heavy atom. The maximum Gasteiger partial charge on any atom is 0.158 e. The zero-order valence-corrected chi connectivity index (χ0v) is 32.0. The fourth-order valence-electron chi connectivity index (χ4n) is 7.69. The third kappa shape index (κ3) is 6.27. The molecule has 0 saturated heterocycles.